The molecule has 3 N–H and O–H groups in total. The van der Waals surface area contributed by atoms with E-state index in [2.05, 4.69) is 17.4 Å². The zero-order chi connectivity index (χ0) is 16.2. The van der Waals surface area contributed by atoms with E-state index in [0.29, 0.717) is 0 Å². The summed E-state index contributed by atoms with van der Waals surface area (Å²) in [5, 5.41) is 3.15. The van der Waals surface area contributed by atoms with Gasteiger partial charge in [0.2, 0.25) is 11.8 Å². The molecule has 1 heterocycles. The molecule has 1 aromatic carbocycles. The second kappa shape index (κ2) is 7.13. The number of amides is 2. The van der Waals surface area contributed by atoms with Crippen molar-refractivity contribution in [3.8, 4) is 0 Å². The molecule has 0 bridgehead atoms. The summed E-state index contributed by atoms with van der Waals surface area (Å²) in [5.74, 6) is -0.333. The standard InChI is InChI=1S/C18H25N3O2/c19-18(23)16-10-3-4-11-21(16)12-17(22)20-15-9-5-7-13-6-1-2-8-14(13)15/h1-2,6,8,15-16H,3-5,7,9-12H2,(H2,19,23)(H,20,22)/t15-,16+/m1/s1. The Morgan fingerprint density at radius 3 is 2.83 bits per heavy atom. The van der Waals surface area contributed by atoms with Gasteiger partial charge in [-0.25, -0.2) is 0 Å². The number of likely N-dealkylation sites (tertiary alicyclic amines) is 1. The van der Waals surface area contributed by atoms with Crippen molar-refractivity contribution in [1.82, 2.24) is 10.2 Å². The molecule has 0 radical (unpaired) electrons. The molecular formula is C18H25N3O2. The summed E-state index contributed by atoms with van der Waals surface area (Å²) < 4.78 is 0. The molecule has 23 heavy (non-hydrogen) atoms. The number of benzene rings is 1. The van der Waals surface area contributed by atoms with E-state index in [1.165, 1.54) is 11.1 Å². The molecule has 0 spiro atoms. The zero-order valence-corrected chi connectivity index (χ0v) is 13.5. The van der Waals surface area contributed by atoms with Gasteiger partial charge in [0.1, 0.15) is 0 Å². The Bertz CT molecular complexity index is 587. The average Bonchev–Trinajstić information content (AvgIpc) is 2.55. The number of hydrogen-bond donors (Lipinski definition) is 2. The van der Waals surface area contributed by atoms with Gasteiger partial charge in [-0.2, -0.15) is 0 Å². The number of nitrogens with zero attached hydrogens (tertiary/aromatic N) is 1. The molecule has 2 amide bonds. The minimum atomic E-state index is -0.319. The predicted molar refractivity (Wildman–Crippen MR) is 88.7 cm³/mol. The maximum Gasteiger partial charge on any atom is 0.234 e. The molecule has 2 aliphatic rings. The highest BCUT2D eigenvalue weighted by Crippen LogP contribution is 2.29. The third-order valence-electron chi connectivity index (χ3n) is 4.99. The van der Waals surface area contributed by atoms with Crippen LogP contribution in [0, 0.1) is 0 Å². The maximum absolute atomic E-state index is 12.5. The number of hydrogen-bond acceptors (Lipinski definition) is 3. The van der Waals surface area contributed by atoms with E-state index in [9.17, 15) is 9.59 Å². The lowest BCUT2D eigenvalue weighted by atomic mass is 9.88. The molecule has 0 saturated carbocycles. The predicted octanol–water partition coefficient (Wildman–Crippen LogP) is 1.52. The van der Waals surface area contributed by atoms with Gasteiger partial charge in [-0.05, 0) is 49.8 Å². The van der Waals surface area contributed by atoms with Crippen LogP contribution in [0.1, 0.15) is 49.3 Å². The van der Waals surface area contributed by atoms with E-state index in [-0.39, 0.29) is 30.4 Å². The van der Waals surface area contributed by atoms with Gasteiger partial charge in [0.05, 0.1) is 18.6 Å². The first-order chi connectivity index (χ1) is 11.1. The van der Waals surface area contributed by atoms with Crippen molar-refractivity contribution in [2.45, 2.75) is 50.6 Å². The lowest BCUT2D eigenvalue weighted by Crippen LogP contribution is -2.51. The normalized spacial score (nSPS) is 24.7. The molecule has 124 valence electrons. The minimum Gasteiger partial charge on any atom is -0.368 e. The maximum atomic E-state index is 12.5. The quantitative estimate of drug-likeness (QED) is 0.884. The van der Waals surface area contributed by atoms with E-state index < -0.39 is 0 Å². The summed E-state index contributed by atoms with van der Waals surface area (Å²) >= 11 is 0. The summed E-state index contributed by atoms with van der Waals surface area (Å²) in [6.07, 6.45) is 5.93. The molecule has 1 aromatic rings. The van der Waals surface area contributed by atoms with Gasteiger partial charge in [0.25, 0.3) is 0 Å². The highest BCUT2D eigenvalue weighted by Gasteiger charge is 2.29. The van der Waals surface area contributed by atoms with Crippen molar-refractivity contribution in [1.29, 1.82) is 0 Å². The van der Waals surface area contributed by atoms with E-state index in [1.807, 2.05) is 17.0 Å². The third-order valence-corrected chi connectivity index (χ3v) is 4.99. The highest BCUT2D eigenvalue weighted by molar-refractivity contribution is 5.82. The van der Waals surface area contributed by atoms with Crippen molar-refractivity contribution in [2.24, 2.45) is 5.73 Å². The fraction of sp³-hybridized carbons (Fsp3) is 0.556. The minimum absolute atomic E-state index is 0.0140. The Labute approximate surface area is 137 Å². The van der Waals surface area contributed by atoms with E-state index in [4.69, 9.17) is 5.73 Å². The largest absolute Gasteiger partial charge is 0.368 e. The summed E-state index contributed by atoms with van der Waals surface area (Å²) in [5.41, 5.74) is 8.03. The van der Waals surface area contributed by atoms with E-state index in [1.54, 1.807) is 0 Å². The molecule has 1 saturated heterocycles. The molecule has 0 aromatic heterocycles. The Morgan fingerprint density at radius 2 is 2.00 bits per heavy atom. The summed E-state index contributed by atoms with van der Waals surface area (Å²) in [6, 6.07) is 8.11. The second-order valence-corrected chi connectivity index (χ2v) is 6.60. The van der Waals surface area contributed by atoms with Crippen LogP contribution in [0.5, 0.6) is 0 Å². The number of rotatable bonds is 4. The Hall–Kier alpha value is -1.88. The fourth-order valence-corrected chi connectivity index (χ4v) is 3.83. The van der Waals surface area contributed by atoms with Crippen LogP contribution in [0.15, 0.2) is 24.3 Å². The third kappa shape index (κ3) is 3.72. The molecule has 0 unspecified atom stereocenters. The summed E-state index contributed by atoms with van der Waals surface area (Å²) in [6.45, 7) is 1.02. The van der Waals surface area contributed by atoms with Crippen LogP contribution >= 0.6 is 0 Å². The smallest absolute Gasteiger partial charge is 0.234 e. The molecule has 1 aliphatic heterocycles. The van der Waals surface area contributed by atoms with Crippen LogP contribution in [0.4, 0.5) is 0 Å². The molecule has 1 aliphatic carbocycles. The number of aryl methyl sites for hydroxylation is 1. The number of primary amides is 1. The lowest BCUT2D eigenvalue weighted by Gasteiger charge is -2.34. The topological polar surface area (TPSA) is 75.4 Å². The monoisotopic (exact) mass is 315 g/mol. The Balaban J connectivity index is 1.62. The van der Waals surface area contributed by atoms with Crippen molar-refractivity contribution in [3.63, 3.8) is 0 Å². The number of fused-ring (bicyclic) bond motifs is 1. The van der Waals surface area contributed by atoms with Gasteiger partial charge in [0, 0.05) is 0 Å². The first kappa shape index (κ1) is 16.0. The molecule has 5 nitrogen and oxygen atoms in total. The SMILES string of the molecule is NC(=O)[C@@H]1CCCCN1CC(=O)N[C@@H]1CCCc2ccccc21. The van der Waals surface area contributed by atoms with Crippen molar-refractivity contribution in [3.05, 3.63) is 35.4 Å². The van der Waals surface area contributed by atoms with Gasteiger partial charge in [-0.3, -0.25) is 14.5 Å². The summed E-state index contributed by atoms with van der Waals surface area (Å²) in [7, 11) is 0. The number of carbonyl (C=O) groups excluding carboxylic acids is 2. The molecule has 5 heteroatoms. The average molecular weight is 315 g/mol. The van der Waals surface area contributed by atoms with E-state index >= 15 is 0 Å². The zero-order valence-electron chi connectivity index (χ0n) is 13.5. The molecular weight excluding hydrogens is 290 g/mol. The first-order valence-electron chi connectivity index (χ1n) is 8.55. The van der Waals surface area contributed by atoms with Crippen LogP contribution in [0.3, 0.4) is 0 Å². The number of nitrogens with two attached hydrogens (primary N) is 1. The van der Waals surface area contributed by atoms with Gasteiger partial charge < -0.3 is 11.1 Å². The lowest BCUT2D eigenvalue weighted by molar-refractivity contribution is -0.128. The van der Waals surface area contributed by atoms with Crippen molar-refractivity contribution >= 4 is 11.8 Å². The van der Waals surface area contributed by atoms with Crippen LogP contribution < -0.4 is 11.1 Å². The molecule has 3 rings (SSSR count). The van der Waals surface area contributed by atoms with Gasteiger partial charge in [0.15, 0.2) is 0 Å². The molecule has 1 fully saturated rings. The Morgan fingerprint density at radius 1 is 1.17 bits per heavy atom. The van der Waals surface area contributed by atoms with Crippen LogP contribution in [-0.4, -0.2) is 35.8 Å². The summed E-state index contributed by atoms with van der Waals surface area (Å²) in [4.78, 5) is 25.9. The molecule has 2 atom stereocenters. The van der Waals surface area contributed by atoms with Crippen molar-refractivity contribution in [2.75, 3.05) is 13.1 Å². The van der Waals surface area contributed by atoms with Crippen LogP contribution in [0.25, 0.3) is 0 Å². The first-order valence-corrected chi connectivity index (χ1v) is 8.55. The van der Waals surface area contributed by atoms with Gasteiger partial charge in [-0.1, -0.05) is 30.7 Å². The number of carbonyl (C=O) groups is 2. The van der Waals surface area contributed by atoms with Gasteiger partial charge >= 0.3 is 0 Å². The van der Waals surface area contributed by atoms with Crippen LogP contribution in [-0.2, 0) is 16.0 Å². The Kier molecular flexibility index (Phi) is 4.96. The second-order valence-electron chi connectivity index (χ2n) is 6.60. The fourth-order valence-electron chi connectivity index (χ4n) is 3.83. The number of nitrogens with one attached hydrogen (secondary N) is 1. The number of piperidine rings is 1. The van der Waals surface area contributed by atoms with E-state index in [0.717, 1.165) is 45.1 Å². The van der Waals surface area contributed by atoms with Crippen LogP contribution in [0.2, 0.25) is 0 Å². The van der Waals surface area contributed by atoms with Gasteiger partial charge in [-0.15, -0.1) is 0 Å². The highest BCUT2D eigenvalue weighted by atomic mass is 16.2. The van der Waals surface area contributed by atoms with Crippen molar-refractivity contribution < 1.29 is 9.59 Å².